The molecule has 0 amide bonds. The van der Waals surface area contributed by atoms with Crippen LogP contribution in [0.1, 0.15) is 38.8 Å². The second-order valence-electron chi connectivity index (χ2n) is 5.32. The third-order valence-corrected chi connectivity index (χ3v) is 3.02. The minimum Gasteiger partial charge on any atom is -0.501 e. The zero-order valence-electron chi connectivity index (χ0n) is 13.6. The molecule has 0 aliphatic carbocycles. The van der Waals surface area contributed by atoms with Crippen molar-refractivity contribution < 1.29 is 19.0 Å². The molecule has 0 aliphatic rings. The number of aryl methyl sites for hydroxylation is 1. The molecule has 0 N–H and O–H groups in total. The van der Waals surface area contributed by atoms with Gasteiger partial charge >= 0.3 is 5.97 Å². The molecule has 0 heterocycles. The van der Waals surface area contributed by atoms with Gasteiger partial charge in [0, 0.05) is 0 Å². The van der Waals surface area contributed by atoms with E-state index in [2.05, 4.69) is 0 Å². The van der Waals surface area contributed by atoms with E-state index in [0.717, 1.165) is 16.9 Å². The number of carbonyl (C=O) groups is 1. The van der Waals surface area contributed by atoms with E-state index in [4.69, 9.17) is 14.2 Å². The van der Waals surface area contributed by atoms with Gasteiger partial charge in [0.1, 0.15) is 5.75 Å². The number of carbonyl (C=O) groups excluding carboxylic acids is 1. The standard InChI is InChI=1S/C17H24O4/c1-7-20-16(18)17(4,5)21-15-9-8-14(10-12(15)2)11-13(3)19-6/h8-11H,7H2,1-6H3. The average molecular weight is 292 g/mol. The van der Waals surface area contributed by atoms with Gasteiger partial charge in [0.25, 0.3) is 0 Å². The van der Waals surface area contributed by atoms with Crippen LogP contribution in [0.25, 0.3) is 6.08 Å². The van der Waals surface area contributed by atoms with Crippen LogP contribution < -0.4 is 4.74 Å². The Morgan fingerprint density at radius 2 is 2.00 bits per heavy atom. The van der Waals surface area contributed by atoms with Crippen molar-refractivity contribution in [2.45, 2.75) is 40.2 Å². The van der Waals surface area contributed by atoms with Gasteiger partial charge in [-0.1, -0.05) is 6.07 Å². The fourth-order valence-corrected chi connectivity index (χ4v) is 1.79. The lowest BCUT2D eigenvalue weighted by atomic mass is 10.1. The number of methoxy groups -OCH3 is 1. The predicted molar refractivity (Wildman–Crippen MR) is 83.2 cm³/mol. The molecular weight excluding hydrogens is 268 g/mol. The van der Waals surface area contributed by atoms with E-state index in [-0.39, 0.29) is 5.97 Å². The Bertz CT molecular complexity index is 530. The molecule has 0 atom stereocenters. The van der Waals surface area contributed by atoms with Gasteiger partial charge in [-0.3, -0.25) is 0 Å². The van der Waals surface area contributed by atoms with E-state index in [1.807, 2.05) is 38.1 Å². The first-order valence-electron chi connectivity index (χ1n) is 6.99. The molecule has 0 unspecified atom stereocenters. The lowest BCUT2D eigenvalue weighted by Crippen LogP contribution is -2.39. The van der Waals surface area contributed by atoms with Gasteiger partial charge in [-0.2, -0.15) is 0 Å². The lowest BCUT2D eigenvalue weighted by Gasteiger charge is -2.25. The van der Waals surface area contributed by atoms with Gasteiger partial charge in [-0.25, -0.2) is 4.79 Å². The molecule has 1 rings (SSSR count). The van der Waals surface area contributed by atoms with E-state index in [9.17, 15) is 4.79 Å². The molecule has 1 aromatic rings. The van der Waals surface area contributed by atoms with Crippen LogP contribution in [-0.2, 0) is 14.3 Å². The normalized spacial score (nSPS) is 12.0. The van der Waals surface area contributed by atoms with Gasteiger partial charge in [0.05, 0.1) is 19.5 Å². The van der Waals surface area contributed by atoms with Gasteiger partial charge in [0.2, 0.25) is 0 Å². The topological polar surface area (TPSA) is 44.8 Å². The summed E-state index contributed by atoms with van der Waals surface area (Å²) in [5, 5.41) is 0. The van der Waals surface area contributed by atoms with Crippen LogP contribution in [0.2, 0.25) is 0 Å². The Morgan fingerprint density at radius 1 is 1.33 bits per heavy atom. The van der Waals surface area contributed by atoms with Gasteiger partial charge in [-0.15, -0.1) is 0 Å². The van der Waals surface area contributed by atoms with Crippen LogP contribution in [0.15, 0.2) is 24.0 Å². The van der Waals surface area contributed by atoms with Crippen LogP contribution in [0.3, 0.4) is 0 Å². The van der Waals surface area contributed by atoms with Crippen molar-refractivity contribution in [3.05, 3.63) is 35.1 Å². The molecule has 0 spiro atoms. The lowest BCUT2D eigenvalue weighted by molar-refractivity contribution is -0.158. The quantitative estimate of drug-likeness (QED) is 0.592. The fourth-order valence-electron chi connectivity index (χ4n) is 1.79. The fraction of sp³-hybridized carbons (Fsp3) is 0.471. The highest BCUT2D eigenvalue weighted by Gasteiger charge is 2.31. The largest absolute Gasteiger partial charge is 0.501 e. The minimum absolute atomic E-state index is 0.338. The highest BCUT2D eigenvalue weighted by Crippen LogP contribution is 2.25. The summed E-state index contributed by atoms with van der Waals surface area (Å²) in [6.07, 6.45) is 1.94. The molecule has 116 valence electrons. The summed E-state index contributed by atoms with van der Waals surface area (Å²) in [7, 11) is 1.64. The van der Waals surface area contributed by atoms with E-state index in [1.165, 1.54) is 0 Å². The van der Waals surface area contributed by atoms with Gasteiger partial charge in [-0.05, 0) is 64.0 Å². The van der Waals surface area contributed by atoms with Gasteiger partial charge < -0.3 is 14.2 Å². The first-order valence-corrected chi connectivity index (χ1v) is 6.99. The summed E-state index contributed by atoms with van der Waals surface area (Å²) < 4.78 is 16.0. The maximum Gasteiger partial charge on any atom is 0.349 e. The van der Waals surface area contributed by atoms with Crippen molar-refractivity contribution in [3.8, 4) is 5.75 Å². The number of esters is 1. The van der Waals surface area contributed by atoms with Gasteiger partial charge in [0.15, 0.2) is 5.60 Å². The van der Waals surface area contributed by atoms with Crippen molar-refractivity contribution in [2.24, 2.45) is 0 Å². The predicted octanol–water partition coefficient (Wildman–Crippen LogP) is 3.72. The Hall–Kier alpha value is -1.97. The Balaban J connectivity index is 2.93. The minimum atomic E-state index is -1.01. The second kappa shape index (κ2) is 7.16. The molecule has 0 saturated carbocycles. The number of allylic oxidation sites excluding steroid dienone is 1. The molecule has 0 bridgehead atoms. The highest BCUT2D eigenvalue weighted by molar-refractivity contribution is 5.79. The molecule has 0 fully saturated rings. The number of benzene rings is 1. The van der Waals surface area contributed by atoms with E-state index >= 15 is 0 Å². The molecule has 1 aromatic carbocycles. The van der Waals surface area contributed by atoms with Crippen LogP contribution >= 0.6 is 0 Å². The summed E-state index contributed by atoms with van der Waals surface area (Å²) in [4.78, 5) is 11.9. The molecular formula is C17H24O4. The number of hydrogen-bond donors (Lipinski definition) is 0. The van der Waals surface area contributed by atoms with Crippen molar-refractivity contribution >= 4 is 12.0 Å². The van der Waals surface area contributed by atoms with Crippen LogP contribution in [0, 0.1) is 6.92 Å². The summed E-state index contributed by atoms with van der Waals surface area (Å²) >= 11 is 0. The number of hydrogen-bond acceptors (Lipinski definition) is 4. The summed E-state index contributed by atoms with van der Waals surface area (Å²) in [6, 6.07) is 5.76. The van der Waals surface area contributed by atoms with Crippen molar-refractivity contribution in [1.29, 1.82) is 0 Å². The molecule has 0 aliphatic heterocycles. The molecule has 21 heavy (non-hydrogen) atoms. The smallest absolute Gasteiger partial charge is 0.349 e. The highest BCUT2D eigenvalue weighted by atomic mass is 16.6. The number of rotatable bonds is 6. The Kier molecular flexibility index (Phi) is 5.82. The first kappa shape index (κ1) is 17.1. The molecule has 0 radical (unpaired) electrons. The monoisotopic (exact) mass is 292 g/mol. The Labute approximate surface area is 126 Å². The number of ether oxygens (including phenoxy) is 3. The Morgan fingerprint density at radius 3 is 2.52 bits per heavy atom. The maximum absolute atomic E-state index is 11.9. The van der Waals surface area contributed by atoms with Crippen molar-refractivity contribution in [1.82, 2.24) is 0 Å². The van der Waals surface area contributed by atoms with Crippen LogP contribution in [0.5, 0.6) is 5.75 Å². The summed E-state index contributed by atoms with van der Waals surface area (Å²) in [5.74, 6) is 1.12. The third kappa shape index (κ3) is 4.81. The molecule has 4 nitrogen and oxygen atoms in total. The van der Waals surface area contributed by atoms with E-state index in [0.29, 0.717) is 12.4 Å². The van der Waals surface area contributed by atoms with Crippen molar-refractivity contribution in [2.75, 3.05) is 13.7 Å². The zero-order chi connectivity index (χ0) is 16.0. The molecule has 0 aromatic heterocycles. The molecule has 0 saturated heterocycles. The van der Waals surface area contributed by atoms with Crippen LogP contribution in [0.4, 0.5) is 0 Å². The zero-order valence-corrected chi connectivity index (χ0v) is 13.6. The van der Waals surface area contributed by atoms with Crippen LogP contribution in [-0.4, -0.2) is 25.3 Å². The summed E-state index contributed by atoms with van der Waals surface area (Å²) in [6.45, 7) is 9.35. The third-order valence-electron chi connectivity index (χ3n) is 3.02. The SMILES string of the molecule is CCOC(=O)C(C)(C)Oc1ccc(C=C(C)OC)cc1C. The maximum atomic E-state index is 11.9. The van der Waals surface area contributed by atoms with E-state index in [1.54, 1.807) is 27.9 Å². The van der Waals surface area contributed by atoms with Crippen molar-refractivity contribution in [3.63, 3.8) is 0 Å². The first-order chi connectivity index (χ1) is 9.80. The second-order valence-corrected chi connectivity index (χ2v) is 5.32. The van der Waals surface area contributed by atoms with E-state index < -0.39 is 5.60 Å². The summed E-state index contributed by atoms with van der Waals surface area (Å²) in [5.41, 5.74) is 0.957. The molecule has 4 heteroatoms. The average Bonchev–Trinajstić information content (AvgIpc) is 2.42.